The Labute approximate surface area is 166 Å². The number of aryl methyl sites for hydroxylation is 1. The second-order valence-corrected chi connectivity index (χ2v) is 7.98. The molecule has 2 atom stereocenters. The van der Waals surface area contributed by atoms with Gasteiger partial charge in [-0.05, 0) is 36.8 Å². The van der Waals surface area contributed by atoms with Crippen molar-refractivity contribution < 1.29 is 14.7 Å². The third-order valence-electron chi connectivity index (χ3n) is 6.00. The van der Waals surface area contributed by atoms with E-state index in [1.807, 2.05) is 36.2 Å². The van der Waals surface area contributed by atoms with E-state index in [0.717, 1.165) is 42.5 Å². The van der Waals surface area contributed by atoms with Gasteiger partial charge in [0.05, 0.1) is 11.0 Å². The van der Waals surface area contributed by atoms with Gasteiger partial charge < -0.3 is 14.6 Å². The fraction of sp³-hybridized carbons (Fsp3) is 0.591. The first-order valence-electron chi connectivity index (χ1n) is 10.4. The number of para-hydroxylation sites is 2. The van der Waals surface area contributed by atoms with E-state index in [1.165, 1.54) is 0 Å². The Hall–Kier alpha value is -2.37. The van der Waals surface area contributed by atoms with Crippen LogP contribution in [0.3, 0.4) is 0 Å². The van der Waals surface area contributed by atoms with Gasteiger partial charge in [0.25, 0.3) is 0 Å². The number of piperidine rings is 1. The maximum absolute atomic E-state index is 12.6. The minimum atomic E-state index is -0.761. The molecular formula is C22H31N3O3. The number of unbranched alkanes of at least 4 members (excludes halogenated alkanes) is 2. The average molecular weight is 386 g/mol. The third kappa shape index (κ3) is 4.72. The van der Waals surface area contributed by atoms with Crippen LogP contribution in [0.5, 0.6) is 0 Å². The molecule has 152 valence electrons. The van der Waals surface area contributed by atoms with Crippen LogP contribution in [0.1, 0.15) is 51.3 Å². The number of carboxylic acid groups (broad SMARTS) is 1. The molecule has 0 saturated carbocycles. The van der Waals surface area contributed by atoms with Gasteiger partial charge in [0.1, 0.15) is 5.82 Å². The molecule has 1 N–H and O–H groups in total. The van der Waals surface area contributed by atoms with Gasteiger partial charge in [-0.2, -0.15) is 0 Å². The van der Waals surface area contributed by atoms with Gasteiger partial charge in [-0.25, -0.2) is 4.98 Å². The zero-order chi connectivity index (χ0) is 20.1. The summed E-state index contributed by atoms with van der Waals surface area (Å²) in [5.41, 5.74) is 2.04. The van der Waals surface area contributed by atoms with Gasteiger partial charge >= 0.3 is 5.97 Å². The number of rotatable bonds is 8. The van der Waals surface area contributed by atoms with E-state index in [0.29, 0.717) is 25.9 Å². The summed E-state index contributed by atoms with van der Waals surface area (Å²) in [6.07, 6.45) is 5.30. The maximum Gasteiger partial charge on any atom is 0.303 e. The van der Waals surface area contributed by atoms with E-state index < -0.39 is 5.97 Å². The Morgan fingerprint density at radius 3 is 2.71 bits per heavy atom. The van der Waals surface area contributed by atoms with Crippen molar-refractivity contribution in [3.63, 3.8) is 0 Å². The van der Waals surface area contributed by atoms with Crippen LogP contribution in [0.2, 0.25) is 0 Å². The Morgan fingerprint density at radius 1 is 1.21 bits per heavy atom. The van der Waals surface area contributed by atoms with Crippen LogP contribution in [0.4, 0.5) is 0 Å². The van der Waals surface area contributed by atoms with Crippen LogP contribution < -0.4 is 0 Å². The summed E-state index contributed by atoms with van der Waals surface area (Å²) in [4.78, 5) is 30.7. The van der Waals surface area contributed by atoms with E-state index in [1.54, 1.807) is 0 Å². The first-order valence-corrected chi connectivity index (χ1v) is 10.4. The lowest BCUT2D eigenvalue weighted by Crippen LogP contribution is -2.45. The smallest absolute Gasteiger partial charge is 0.303 e. The number of hydrogen-bond donors (Lipinski definition) is 1. The molecule has 0 bridgehead atoms. The first kappa shape index (κ1) is 20.4. The summed E-state index contributed by atoms with van der Waals surface area (Å²) in [5.74, 6) is 0.606. The highest BCUT2D eigenvalue weighted by Crippen LogP contribution is 2.30. The second kappa shape index (κ2) is 9.22. The predicted molar refractivity (Wildman–Crippen MR) is 109 cm³/mol. The highest BCUT2D eigenvalue weighted by molar-refractivity contribution is 5.77. The van der Waals surface area contributed by atoms with Crippen molar-refractivity contribution in [2.45, 2.75) is 51.9 Å². The molecule has 1 aromatic carbocycles. The number of hydrogen-bond acceptors (Lipinski definition) is 3. The SMILES string of the molecule is CCCCCC(=O)N1CC[C@@H](CC(=O)O)[C@@H](Cc2nc3ccccc3n2C)C1. The lowest BCUT2D eigenvalue weighted by atomic mass is 9.81. The Kier molecular flexibility index (Phi) is 6.70. The molecule has 1 aromatic heterocycles. The van der Waals surface area contributed by atoms with Crippen molar-refractivity contribution in [3.8, 4) is 0 Å². The molecule has 1 aliphatic rings. The molecule has 1 fully saturated rings. The molecule has 6 nitrogen and oxygen atoms in total. The lowest BCUT2D eigenvalue weighted by Gasteiger charge is -2.38. The van der Waals surface area contributed by atoms with Gasteiger partial charge in [0.2, 0.25) is 5.91 Å². The van der Waals surface area contributed by atoms with Crippen molar-refractivity contribution >= 4 is 22.9 Å². The van der Waals surface area contributed by atoms with Gasteiger partial charge in [-0.3, -0.25) is 9.59 Å². The van der Waals surface area contributed by atoms with Gasteiger partial charge in [-0.1, -0.05) is 31.9 Å². The number of aromatic nitrogens is 2. The van der Waals surface area contributed by atoms with Crippen LogP contribution >= 0.6 is 0 Å². The van der Waals surface area contributed by atoms with Crippen molar-refractivity contribution in [1.29, 1.82) is 0 Å². The van der Waals surface area contributed by atoms with Crippen LogP contribution in [-0.4, -0.2) is 44.5 Å². The van der Waals surface area contributed by atoms with Crippen LogP contribution in [0, 0.1) is 11.8 Å². The molecule has 3 rings (SSSR count). The fourth-order valence-electron chi connectivity index (χ4n) is 4.33. The topological polar surface area (TPSA) is 75.4 Å². The van der Waals surface area contributed by atoms with E-state index in [-0.39, 0.29) is 24.2 Å². The minimum absolute atomic E-state index is 0.0806. The second-order valence-electron chi connectivity index (χ2n) is 7.98. The number of nitrogens with zero attached hydrogens (tertiary/aromatic N) is 3. The summed E-state index contributed by atoms with van der Waals surface area (Å²) in [6, 6.07) is 8.02. The molecule has 0 aliphatic carbocycles. The lowest BCUT2D eigenvalue weighted by molar-refractivity contribution is -0.140. The van der Waals surface area contributed by atoms with E-state index >= 15 is 0 Å². The van der Waals surface area contributed by atoms with Crippen LogP contribution in [0.25, 0.3) is 11.0 Å². The summed E-state index contributed by atoms with van der Waals surface area (Å²) >= 11 is 0. The number of carboxylic acids is 1. The zero-order valence-electron chi connectivity index (χ0n) is 16.9. The highest BCUT2D eigenvalue weighted by Gasteiger charge is 2.33. The predicted octanol–water partition coefficient (Wildman–Crippen LogP) is 3.64. The number of fused-ring (bicyclic) bond motifs is 1. The molecule has 6 heteroatoms. The molecule has 1 aliphatic heterocycles. The standard InChI is InChI=1S/C22H31N3O3/c1-3-4-5-10-21(26)25-12-11-16(14-22(27)28)17(15-25)13-20-23-18-8-6-7-9-19(18)24(20)2/h6-9,16-17H,3-5,10-15H2,1-2H3,(H,27,28)/t16-,17-/m0/s1. The van der Waals surface area contributed by atoms with Crippen molar-refractivity contribution in [3.05, 3.63) is 30.1 Å². The Morgan fingerprint density at radius 2 is 2.00 bits per heavy atom. The summed E-state index contributed by atoms with van der Waals surface area (Å²) < 4.78 is 2.09. The van der Waals surface area contributed by atoms with Gasteiger partial charge in [-0.15, -0.1) is 0 Å². The van der Waals surface area contributed by atoms with Gasteiger partial charge in [0.15, 0.2) is 0 Å². The summed E-state index contributed by atoms with van der Waals surface area (Å²) in [5, 5.41) is 9.34. The number of aliphatic carboxylic acids is 1. The van der Waals surface area contributed by atoms with Crippen LogP contribution in [-0.2, 0) is 23.1 Å². The van der Waals surface area contributed by atoms with Crippen LogP contribution in [0.15, 0.2) is 24.3 Å². The number of imidazole rings is 1. The Bertz CT molecular complexity index is 830. The average Bonchev–Trinajstić information content (AvgIpc) is 2.99. The largest absolute Gasteiger partial charge is 0.481 e. The first-order chi connectivity index (χ1) is 13.5. The van der Waals surface area contributed by atoms with Crippen molar-refractivity contribution in [1.82, 2.24) is 14.5 Å². The third-order valence-corrected chi connectivity index (χ3v) is 6.00. The fourth-order valence-corrected chi connectivity index (χ4v) is 4.33. The highest BCUT2D eigenvalue weighted by atomic mass is 16.4. The summed E-state index contributed by atoms with van der Waals surface area (Å²) in [6.45, 7) is 3.43. The van der Waals surface area contributed by atoms with Crippen molar-refractivity contribution in [2.75, 3.05) is 13.1 Å². The van der Waals surface area contributed by atoms with Gasteiger partial charge in [0, 0.05) is 39.4 Å². The molecule has 0 radical (unpaired) electrons. The molecule has 2 heterocycles. The number of carbonyl (C=O) groups is 2. The minimum Gasteiger partial charge on any atom is -0.481 e. The number of amides is 1. The normalized spacial score (nSPS) is 19.9. The Balaban J connectivity index is 1.75. The molecule has 0 spiro atoms. The molecule has 0 unspecified atom stereocenters. The molecule has 1 amide bonds. The number of carbonyl (C=O) groups excluding carboxylic acids is 1. The molecular weight excluding hydrogens is 354 g/mol. The monoisotopic (exact) mass is 385 g/mol. The molecule has 28 heavy (non-hydrogen) atoms. The van der Waals surface area contributed by atoms with E-state index in [2.05, 4.69) is 11.5 Å². The quantitative estimate of drug-likeness (QED) is 0.704. The molecule has 2 aromatic rings. The van der Waals surface area contributed by atoms with E-state index in [9.17, 15) is 14.7 Å². The maximum atomic E-state index is 12.6. The van der Waals surface area contributed by atoms with Crippen molar-refractivity contribution in [2.24, 2.45) is 18.9 Å². The van der Waals surface area contributed by atoms with E-state index in [4.69, 9.17) is 4.98 Å². The molecule has 1 saturated heterocycles. The number of likely N-dealkylation sites (tertiary alicyclic amines) is 1. The number of benzene rings is 1. The summed E-state index contributed by atoms with van der Waals surface area (Å²) in [7, 11) is 2.01. The zero-order valence-corrected chi connectivity index (χ0v) is 16.9.